The number of nitrogens with zero attached hydrogens (tertiary/aromatic N) is 2. The minimum Gasteiger partial charge on any atom is -0.385 e. The van der Waals surface area contributed by atoms with Gasteiger partial charge in [0.1, 0.15) is 0 Å². The van der Waals surface area contributed by atoms with E-state index in [0.717, 1.165) is 13.0 Å². The van der Waals surface area contributed by atoms with E-state index in [0.29, 0.717) is 0 Å². The fourth-order valence-electron chi connectivity index (χ4n) is 2.00. The quantitative estimate of drug-likeness (QED) is 0.937. The molecule has 0 fully saturated rings. The lowest BCUT2D eigenvalue weighted by Gasteiger charge is -2.10. The van der Waals surface area contributed by atoms with E-state index in [2.05, 4.69) is 58.5 Å². The van der Waals surface area contributed by atoms with Gasteiger partial charge in [-0.3, -0.25) is 4.68 Å². The molecular weight excluding hydrogens is 290 g/mol. The van der Waals surface area contributed by atoms with E-state index in [4.69, 9.17) is 0 Å². The number of hydrogen-bond donors (Lipinski definition) is 1. The Hall–Kier alpha value is -1.29. The number of nitrogens with one attached hydrogen (secondary N) is 1. The SMILES string of the molecule is Cc1cc(NCCc2cnn(C)c2)cc(C)c1Br. The van der Waals surface area contributed by atoms with Crippen LogP contribution in [-0.4, -0.2) is 16.3 Å². The van der Waals surface area contributed by atoms with Gasteiger partial charge in [0.15, 0.2) is 0 Å². The maximum absolute atomic E-state index is 4.16. The van der Waals surface area contributed by atoms with E-state index in [1.54, 1.807) is 0 Å². The van der Waals surface area contributed by atoms with Crippen LogP contribution in [0.15, 0.2) is 29.0 Å². The highest BCUT2D eigenvalue weighted by Gasteiger charge is 2.02. The van der Waals surface area contributed by atoms with Crippen molar-refractivity contribution in [3.63, 3.8) is 0 Å². The summed E-state index contributed by atoms with van der Waals surface area (Å²) in [5.41, 5.74) is 4.96. The van der Waals surface area contributed by atoms with Crippen molar-refractivity contribution < 1.29 is 0 Å². The molecule has 1 aromatic heterocycles. The van der Waals surface area contributed by atoms with E-state index in [-0.39, 0.29) is 0 Å². The summed E-state index contributed by atoms with van der Waals surface area (Å²) in [4.78, 5) is 0. The summed E-state index contributed by atoms with van der Waals surface area (Å²) in [6.45, 7) is 5.15. The molecule has 0 unspecified atom stereocenters. The number of benzene rings is 1. The summed E-state index contributed by atoms with van der Waals surface area (Å²) in [5, 5.41) is 7.62. The van der Waals surface area contributed by atoms with Crippen LogP contribution in [0.5, 0.6) is 0 Å². The normalized spacial score (nSPS) is 10.7. The van der Waals surface area contributed by atoms with Crippen molar-refractivity contribution in [1.82, 2.24) is 9.78 Å². The van der Waals surface area contributed by atoms with Gasteiger partial charge in [-0.05, 0) is 49.1 Å². The first kappa shape index (κ1) is 13.1. The standard InChI is InChI=1S/C14H18BrN3/c1-10-6-13(7-11(2)14(10)15)16-5-4-12-8-17-18(3)9-12/h6-9,16H,4-5H2,1-3H3. The Morgan fingerprint density at radius 2 is 1.94 bits per heavy atom. The number of aromatic nitrogens is 2. The molecule has 96 valence electrons. The molecular formula is C14H18BrN3. The molecule has 0 atom stereocenters. The molecule has 2 aromatic rings. The molecule has 0 aliphatic carbocycles. The Balaban J connectivity index is 1.94. The third-order valence-electron chi connectivity index (χ3n) is 2.94. The van der Waals surface area contributed by atoms with E-state index in [9.17, 15) is 0 Å². The zero-order chi connectivity index (χ0) is 13.1. The molecule has 0 saturated carbocycles. The van der Waals surface area contributed by atoms with Crippen LogP contribution < -0.4 is 5.32 Å². The molecule has 0 bridgehead atoms. The summed E-state index contributed by atoms with van der Waals surface area (Å²) in [5.74, 6) is 0. The van der Waals surface area contributed by atoms with Gasteiger partial charge in [-0.1, -0.05) is 15.9 Å². The van der Waals surface area contributed by atoms with Crippen LogP contribution in [0, 0.1) is 13.8 Å². The van der Waals surface area contributed by atoms with Gasteiger partial charge in [-0.15, -0.1) is 0 Å². The first-order valence-corrected chi connectivity index (χ1v) is 6.83. The molecule has 3 nitrogen and oxygen atoms in total. The van der Waals surface area contributed by atoms with Crippen molar-refractivity contribution in [2.75, 3.05) is 11.9 Å². The molecule has 0 aliphatic rings. The Morgan fingerprint density at radius 3 is 2.50 bits per heavy atom. The molecule has 0 aliphatic heterocycles. The van der Waals surface area contributed by atoms with Crippen LogP contribution >= 0.6 is 15.9 Å². The van der Waals surface area contributed by atoms with Crippen LogP contribution in [0.2, 0.25) is 0 Å². The highest BCUT2D eigenvalue weighted by molar-refractivity contribution is 9.10. The smallest absolute Gasteiger partial charge is 0.0522 e. The second-order valence-corrected chi connectivity index (χ2v) is 5.42. The van der Waals surface area contributed by atoms with Gasteiger partial charge in [-0.25, -0.2) is 0 Å². The molecule has 4 heteroatoms. The summed E-state index contributed by atoms with van der Waals surface area (Å²) < 4.78 is 3.03. The van der Waals surface area contributed by atoms with Crippen molar-refractivity contribution in [2.24, 2.45) is 7.05 Å². The number of anilines is 1. The summed E-state index contributed by atoms with van der Waals surface area (Å²) in [6, 6.07) is 4.33. The number of rotatable bonds is 4. The summed E-state index contributed by atoms with van der Waals surface area (Å²) >= 11 is 3.58. The van der Waals surface area contributed by atoms with E-state index >= 15 is 0 Å². The first-order chi connectivity index (χ1) is 8.56. The Kier molecular flexibility index (Phi) is 4.07. The Bertz CT molecular complexity index is 523. The fraction of sp³-hybridized carbons (Fsp3) is 0.357. The number of hydrogen-bond acceptors (Lipinski definition) is 2. The zero-order valence-electron chi connectivity index (χ0n) is 11.0. The van der Waals surface area contributed by atoms with Crippen molar-refractivity contribution in [1.29, 1.82) is 0 Å². The van der Waals surface area contributed by atoms with Crippen LogP contribution in [0.4, 0.5) is 5.69 Å². The molecule has 0 amide bonds. The average Bonchev–Trinajstić information content (AvgIpc) is 2.72. The van der Waals surface area contributed by atoms with Crippen molar-refractivity contribution in [3.8, 4) is 0 Å². The van der Waals surface area contributed by atoms with Gasteiger partial charge in [0, 0.05) is 29.9 Å². The van der Waals surface area contributed by atoms with E-state index < -0.39 is 0 Å². The molecule has 1 N–H and O–H groups in total. The maximum Gasteiger partial charge on any atom is 0.0522 e. The van der Waals surface area contributed by atoms with Gasteiger partial charge in [0.2, 0.25) is 0 Å². The van der Waals surface area contributed by atoms with Gasteiger partial charge in [-0.2, -0.15) is 5.10 Å². The van der Waals surface area contributed by atoms with Crippen LogP contribution in [-0.2, 0) is 13.5 Å². The van der Waals surface area contributed by atoms with Gasteiger partial charge < -0.3 is 5.32 Å². The lowest BCUT2D eigenvalue weighted by molar-refractivity contribution is 0.767. The molecule has 1 aromatic carbocycles. The lowest BCUT2D eigenvalue weighted by Crippen LogP contribution is -2.05. The van der Waals surface area contributed by atoms with Gasteiger partial charge >= 0.3 is 0 Å². The van der Waals surface area contributed by atoms with Crippen molar-refractivity contribution in [3.05, 3.63) is 45.7 Å². The van der Waals surface area contributed by atoms with Crippen molar-refractivity contribution in [2.45, 2.75) is 20.3 Å². The fourth-order valence-corrected chi connectivity index (χ4v) is 2.23. The predicted octanol–water partition coefficient (Wildman–Crippen LogP) is 3.45. The average molecular weight is 308 g/mol. The second kappa shape index (κ2) is 5.57. The Labute approximate surface area is 116 Å². The largest absolute Gasteiger partial charge is 0.385 e. The third kappa shape index (κ3) is 3.13. The molecule has 1 heterocycles. The number of halogens is 1. The minimum atomic E-state index is 0.923. The van der Waals surface area contributed by atoms with Crippen LogP contribution in [0.25, 0.3) is 0 Å². The molecule has 0 radical (unpaired) electrons. The van der Waals surface area contributed by atoms with E-state index in [1.807, 2.05) is 17.9 Å². The Morgan fingerprint density at radius 1 is 1.28 bits per heavy atom. The summed E-state index contributed by atoms with van der Waals surface area (Å²) in [7, 11) is 1.94. The van der Waals surface area contributed by atoms with Gasteiger partial charge in [0.05, 0.1) is 6.20 Å². The van der Waals surface area contributed by atoms with Crippen LogP contribution in [0.3, 0.4) is 0 Å². The first-order valence-electron chi connectivity index (χ1n) is 6.04. The topological polar surface area (TPSA) is 29.9 Å². The third-order valence-corrected chi connectivity index (χ3v) is 4.19. The maximum atomic E-state index is 4.16. The summed E-state index contributed by atoms with van der Waals surface area (Å²) in [6.07, 6.45) is 4.96. The van der Waals surface area contributed by atoms with E-state index in [1.165, 1.54) is 26.9 Å². The lowest BCUT2D eigenvalue weighted by atomic mass is 10.1. The molecule has 18 heavy (non-hydrogen) atoms. The zero-order valence-corrected chi connectivity index (χ0v) is 12.6. The van der Waals surface area contributed by atoms with Crippen LogP contribution in [0.1, 0.15) is 16.7 Å². The van der Waals surface area contributed by atoms with Crippen molar-refractivity contribution >= 4 is 21.6 Å². The monoisotopic (exact) mass is 307 g/mol. The molecule has 0 spiro atoms. The number of aryl methyl sites for hydroxylation is 3. The molecule has 2 rings (SSSR count). The second-order valence-electron chi connectivity index (χ2n) is 4.62. The van der Waals surface area contributed by atoms with Gasteiger partial charge in [0.25, 0.3) is 0 Å². The molecule has 0 saturated heterocycles. The highest BCUT2D eigenvalue weighted by Crippen LogP contribution is 2.24. The predicted molar refractivity (Wildman–Crippen MR) is 79.0 cm³/mol. The highest BCUT2D eigenvalue weighted by atomic mass is 79.9. The minimum absolute atomic E-state index is 0.923.